The topological polar surface area (TPSA) is 179 Å². The van der Waals surface area contributed by atoms with Crippen molar-refractivity contribution in [1.29, 1.82) is 0 Å². The SMILES string of the molecule is CCO.CCO.CCOC(=O)c1ccc2ccccc2c1-c1ccccc1.O=C(O)c1ccc2ccccc2c1-c1ccccc1.O=S(=O)(O)O. The number of aromatic carboxylic acids is 1. The van der Waals surface area contributed by atoms with E-state index in [4.69, 9.17) is 32.5 Å². The summed E-state index contributed by atoms with van der Waals surface area (Å²) in [5.74, 6) is -1.17. The van der Waals surface area contributed by atoms with Crippen LogP contribution >= 0.6 is 0 Å². The third-order valence-electron chi connectivity index (χ3n) is 6.71. The second kappa shape index (κ2) is 21.6. The van der Waals surface area contributed by atoms with Gasteiger partial charge in [0.15, 0.2) is 0 Å². The number of rotatable bonds is 5. The molecule has 5 N–H and O–H groups in total. The summed E-state index contributed by atoms with van der Waals surface area (Å²) in [5.41, 5.74) is 4.62. The molecule has 0 aromatic heterocycles. The van der Waals surface area contributed by atoms with Gasteiger partial charge < -0.3 is 20.1 Å². The predicted octanol–water partition coefficient (Wildman–Crippen LogP) is 8.23. The second-order valence-corrected chi connectivity index (χ2v) is 11.2. The molecule has 10 nitrogen and oxygen atoms in total. The van der Waals surface area contributed by atoms with E-state index in [2.05, 4.69) is 6.07 Å². The molecule has 0 aliphatic carbocycles. The van der Waals surface area contributed by atoms with E-state index in [-0.39, 0.29) is 19.2 Å². The standard InChI is InChI=1S/C19H16O2.C17H12O2.2C2H6O.H2O4S/c1-2-21-19(20)17-13-12-14-8-6-7-11-16(14)18(17)15-9-4-3-5-10-15;18-17(19)15-11-10-12-6-4-5-9-14(12)16(15)13-7-2-1-3-8-13;2*1-2-3;1-5(2,3)4/h3-13H,2H2,1H3;1-11H,(H,18,19);2*3H,2H2,1H3;(H2,1,2,3,4). The Morgan fingerprint density at radius 3 is 1.25 bits per heavy atom. The van der Waals surface area contributed by atoms with Crippen LogP contribution in [-0.4, -0.2) is 64.6 Å². The number of aliphatic hydroxyl groups is 2. The van der Waals surface area contributed by atoms with Crippen molar-refractivity contribution < 1.29 is 47.2 Å². The smallest absolute Gasteiger partial charge is 0.394 e. The molecule has 0 atom stereocenters. The van der Waals surface area contributed by atoms with Crippen LogP contribution in [0.3, 0.4) is 0 Å². The van der Waals surface area contributed by atoms with Gasteiger partial charge in [0.05, 0.1) is 17.7 Å². The first kappa shape index (κ1) is 41.7. The molecule has 6 aromatic rings. The Labute approximate surface area is 297 Å². The highest BCUT2D eigenvalue weighted by atomic mass is 32.3. The average molecular weight is 715 g/mol. The summed E-state index contributed by atoms with van der Waals surface area (Å²) in [6.07, 6.45) is 0. The van der Waals surface area contributed by atoms with Crippen molar-refractivity contribution in [3.8, 4) is 22.3 Å². The fraction of sp³-hybridized carbons (Fsp3) is 0.150. The summed E-state index contributed by atoms with van der Waals surface area (Å²) in [5, 5.41) is 28.7. The van der Waals surface area contributed by atoms with Gasteiger partial charge in [-0.1, -0.05) is 121 Å². The maximum Gasteiger partial charge on any atom is 0.394 e. The number of hydrogen-bond acceptors (Lipinski definition) is 7. The fourth-order valence-corrected chi connectivity index (χ4v) is 4.93. The Bertz CT molecular complexity index is 2070. The zero-order chi connectivity index (χ0) is 37.8. The molecule has 0 radical (unpaired) electrons. The largest absolute Gasteiger partial charge is 0.478 e. The lowest BCUT2D eigenvalue weighted by molar-refractivity contribution is 0.0526. The molecular weight excluding hydrogens is 672 g/mol. The van der Waals surface area contributed by atoms with Crippen LogP contribution in [0.25, 0.3) is 43.8 Å². The molecule has 0 fully saturated rings. The normalized spacial score (nSPS) is 10.1. The van der Waals surface area contributed by atoms with E-state index in [1.165, 1.54) is 0 Å². The average Bonchev–Trinajstić information content (AvgIpc) is 3.11. The second-order valence-electron chi connectivity index (χ2n) is 10.3. The van der Waals surface area contributed by atoms with Gasteiger partial charge in [-0.15, -0.1) is 0 Å². The summed E-state index contributed by atoms with van der Waals surface area (Å²) >= 11 is 0. The van der Waals surface area contributed by atoms with Gasteiger partial charge in [0, 0.05) is 24.3 Å². The first-order valence-corrected chi connectivity index (χ1v) is 17.3. The van der Waals surface area contributed by atoms with Gasteiger partial charge in [-0.25, -0.2) is 9.59 Å². The van der Waals surface area contributed by atoms with Crippen LogP contribution in [0.1, 0.15) is 41.5 Å². The van der Waals surface area contributed by atoms with Crippen LogP contribution in [0.15, 0.2) is 133 Å². The summed E-state index contributed by atoms with van der Waals surface area (Å²) in [4.78, 5) is 23.7. The van der Waals surface area contributed by atoms with Crippen molar-refractivity contribution in [2.24, 2.45) is 0 Å². The molecule has 268 valence electrons. The Morgan fingerprint density at radius 2 is 0.882 bits per heavy atom. The van der Waals surface area contributed by atoms with Gasteiger partial charge in [0.2, 0.25) is 0 Å². The molecule has 0 saturated heterocycles. The zero-order valence-corrected chi connectivity index (χ0v) is 29.3. The molecule has 51 heavy (non-hydrogen) atoms. The molecule has 0 spiro atoms. The van der Waals surface area contributed by atoms with E-state index >= 15 is 0 Å². The first-order valence-electron chi connectivity index (χ1n) is 15.9. The monoisotopic (exact) mass is 714 g/mol. The van der Waals surface area contributed by atoms with Gasteiger partial charge >= 0.3 is 22.3 Å². The van der Waals surface area contributed by atoms with Gasteiger partial charge in [-0.05, 0) is 65.6 Å². The van der Waals surface area contributed by atoms with Crippen molar-refractivity contribution in [1.82, 2.24) is 0 Å². The highest BCUT2D eigenvalue weighted by molar-refractivity contribution is 7.79. The number of esters is 1. The molecule has 6 aromatic carbocycles. The van der Waals surface area contributed by atoms with E-state index in [1.54, 1.807) is 19.9 Å². The maximum atomic E-state index is 12.3. The lowest BCUT2D eigenvalue weighted by Gasteiger charge is -2.12. The molecule has 0 unspecified atom stereocenters. The van der Waals surface area contributed by atoms with E-state index in [0.29, 0.717) is 17.7 Å². The Kier molecular flexibility index (Phi) is 17.7. The van der Waals surface area contributed by atoms with E-state index in [0.717, 1.165) is 43.8 Å². The molecule has 6 rings (SSSR count). The Hall–Kier alpha value is -5.43. The molecule has 0 heterocycles. The number of aliphatic hydroxyl groups excluding tert-OH is 2. The van der Waals surface area contributed by atoms with Gasteiger partial charge in [0.1, 0.15) is 0 Å². The molecule has 0 saturated carbocycles. The van der Waals surface area contributed by atoms with Crippen LogP contribution in [0.5, 0.6) is 0 Å². The van der Waals surface area contributed by atoms with Crippen LogP contribution < -0.4 is 0 Å². The zero-order valence-electron chi connectivity index (χ0n) is 28.5. The van der Waals surface area contributed by atoms with Crippen molar-refractivity contribution in [3.63, 3.8) is 0 Å². The lowest BCUT2D eigenvalue weighted by Crippen LogP contribution is -2.06. The maximum absolute atomic E-state index is 12.3. The van der Waals surface area contributed by atoms with Gasteiger partial charge in [0.25, 0.3) is 0 Å². The van der Waals surface area contributed by atoms with Crippen molar-refractivity contribution in [2.45, 2.75) is 20.8 Å². The quantitative estimate of drug-likeness (QED) is 0.0863. The number of carbonyl (C=O) groups is 2. The van der Waals surface area contributed by atoms with Crippen LogP contribution in [0.2, 0.25) is 0 Å². The molecule has 0 aliphatic heterocycles. The molecule has 0 amide bonds. The number of fused-ring (bicyclic) bond motifs is 2. The number of ether oxygens (including phenoxy) is 1. The fourth-order valence-electron chi connectivity index (χ4n) is 4.93. The highest BCUT2D eigenvalue weighted by Gasteiger charge is 2.17. The molecule has 0 aliphatic rings. The molecular formula is C40H42O10S. The summed E-state index contributed by atoms with van der Waals surface area (Å²) in [6, 6.07) is 42.9. The minimum atomic E-state index is -4.67. The predicted molar refractivity (Wildman–Crippen MR) is 201 cm³/mol. The molecule has 0 bridgehead atoms. The van der Waals surface area contributed by atoms with Crippen LogP contribution in [-0.2, 0) is 15.1 Å². The van der Waals surface area contributed by atoms with Crippen LogP contribution in [0, 0.1) is 0 Å². The van der Waals surface area contributed by atoms with E-state index < -0.39 is 16.4 Å². The number of carboxylic acids is 1. The first-order chi connectivity index (χ1) is 24.4. The summed E-state index contributed by atoms with van der Waals surface area (Å²) < 4.78 is 36.8. The minimum absolute atomic E-state index is 0.250. The highest BCUT2D eigenvalue weighted by Crippen LogP contribution is 2.33. The van der Waals surface area contributed by atoms with Crippen LogP contribution in [0.4, 0.5) is 0 Å². The third-order valence-corrected chi connectivity index (χ3v) is 6.71. The number of hydrogen-bond donors (Lipinski definition) is 5. The third kappa shape index (κ3) is 13.4. The van der Waals surface area contributed by atoms with Crippen molar-refractivity contribution in [2.75, 3.05) is 19.8 Å². The number of carbonyl (C=O) groups excluding carboxylic acids is 1. The minimum Gasteiger partial charge on any atom is -0.478 e. The summed E-state index contributed by atoms with van der Waals surface area (Å²) in [7, 11) is -4.67. The van der Waals surface area contributed by atoms with Crippen molar-refractivity contribution >= 4 is 43.9 Å². The lowest BCUT2D eigenvalue weighted by atomic mass is 9.93. The number of carboxylic acid groups (broad SMARTS) is 1. The van der Waals surface area contributed by atoms with Gasteiger partial charge in [-0.3, -0.25) is 9.11 Å². The Morgan fingerprint density at radius 1 is 0.549 bits per heavy atom. The van der Waals surface area contributed by atoms with Gasteiger partial charge in [-0.2, -0.15) is 8.42 Å². The Balaban J connectivity index is 0.000000276. The van der Waals surface area contributed by atoms with E-state index in [9.17, 15) is 14.7 Å². The molecule has 11 heteroatoms. The van der Waals surface area contributed by atoms with E-state index in [1.807, 2.05) is 128 Å². The summed E-state index contributed by atoms with van der Waals surface area (Å²) in [6.45, 7) is 6.06. The van der Waals surface area contributed by atoms with Crippen molar-refractivity contribution in [3.05, 3.63) is 145 Å². The number of benzene rings is 6.